The SMILES string of the molecule is CCN(c1ccc(CBr)cc1)c1ccccc1F. The van der Waals surface area contributed by atoms with Gasteiger partial charge in [0.05, 0.1) is 5.69 Å². The lowest BCUT2D eigenvalue weighted by Crippen LogP contribution is -2.17. The van der Waals surface area contributed by atoms with E-state index >= 15 is 0 Å². The normalized spacial score (nSPS) is 10.4. The van der Waals surface area contributed by atoms with Crippen molar-refractivity contribution in [3.63, 3.8) is 0 Å². The third-order valence-electron chi connectivity index (χ3n) is 2.86. The predicted octanol–water partition coefficient (Wildman–Crippen LogP) is 4.88. The van der Waals surface area contributed by atoms with Gasteiger partial charge in [-0.05, 0) is 36.8 Å². The molecule has 0 spiro atoms. The molecule has 0 radical (unpaired) electrons. The molecule has 0 saturated carbocycles. The summed E-state index contributed by atoms with van der Waals surface area (Å²) in [4.78, 5) is 1.97. The van der Waals surface area contributed by atoms with E-state index in [0.717, 1.165) is 17.6 Å². The van der Waals surface area contributed by atoms with Gasteiger partial charge in [0.1, 0.15) is 5.82 Å². The monoisotopic (exact) mass is 307 g/mol. The van der Waals surface area contributed by atoms with Gasteiger partial charge in [-0.3, -0.25) is 0 Å². The first-order chi connectivity index (χ1) is 8.76. The highest BCUT2D eigenvalue weighted by atomic mass is 79.9. The Morgan fingerprint density at radius 3 is 2.28 bits per heavy atom. The first kappa shape index (κ1) is 13.1. The van der Waals surface area contributed by atoms with E-state index in [1.54, 1.807) is 12.1 Å². The molecule has 0 atom stereocenters. The van der Waals surface area contributed by atoms with Gasteiger partial charge in [0.2, 0.25) is 0 Å². The maximum absolute atomic E-state index is 13.8. The van der Waals surface area contributed by atoms with E-state index in [1.165, 1.54) is 11.6 Å². The van der Waals surface area contributed by atoms with Crippen LogP contribution in [-0.2, 0) is 5.33 Å². The van der Waals surface area contributed by atoms with E-state index in [2.05, 4.69) is 15.9 Å². The molecule has 0 unspecified atom stereocenters. The van der Waals surface area contributed by atoms with Crippen LogP contribution in [0.4, 0.5) is 15.8 Å². The number of alkyl halides is 1. The molecule has 0 aliphatic heterocycles. The molecule has 0 N–H and O–H groups in total. The number of halogens is 2. The molecule has 94 valence electrons. The smallest absolute Gasteiger partial charge is 0.146 e. The number of para-hydroxylation sites is 1. The Balaban J connectivity index is 2.36. The first-order valence-corrected chi connectivity index (χ1v) is 7.05. The van der Waals surface area contributed by atoms with Crippen molar-refractivity contribution >= 4 is 27.3 Å². The van der Waals surface area contributed by atoms with Gasteiger partial charge in [-0.1, -0.05) is 40.2 Å². The second-order valence-corrected chi connectivity index (χ2v) is 4.56. The molecule has 0 heterocycles. The zero-order valence-electron chi connectivity index (χ0n) is 10.2. The van der Waals surface area contributed by atoms with Gasteiger partial charge in [-0.15, -0.1) is 0 Å². The second kappa shape index (κ2) is 6.01. The molecule has 0 saturated heterocycles. The van der Waals surface area contributed by atoms with Crippen molar-refractivity contribution in [3.05, 3.63) is 59.9 Å². The first-order valence-electron chi connectivity index (χ1n) is 5.93. The largest absolute Gasteiger partial charge is 0.339 e. The summed E-state index contributed by atoms with van der Waals surface area (Å²) >= 11 is 3.42. The summed E-state index contributed by atoms with van der Waals surface area (Å²) in [5.74, 6) is -0.191. The molecule has 2 aromatic carbocycles. The highest BCUT2D eigenvalue weighted by molar-refractivity contribution is 9.08. The van der Waals surface area contributed by atoms with Crippen LogP contribution in [0.1, 0.15) is 12.5 Å². The Morgan fingerprint density at radius 2 is 1.72 bits per heavy atom. The lowest BCUT2D eigenvalue weighted by atomic mass is 10.2. The molecule has 18 heavy (non-hydrogen) atoms. The van der Waals surface area contributed by atoms with Crippen molar-refractivity contribution in [1.29, 1.82) is 0 Å². The van der Waals surface area contributed by atoms with Crippen LogP contribution in [0.25, 0.3) is 0 Å². The Bertz CT molecular complexity index is 510. The predicted molar refractivity (Wildman–Crippen MR) is 78.2 cm³/mol. The van der Waals surface area contributed by atoms with Crippen LogP contribution in [0, 0.1) is 5.82 Å². The van der Waals surface area contributed by atoms with Gasteiger partial charge in [-0.2, -0.15) is 0 Å². The standard InChI is InChI=1S/C15H15BrFN/c1-2-18(15-6-4-3-5-14(15)17)13-9-7-12(11-16)8-10-13/h3-10H,2,11H2,1H3. The minimum absolute atomic E-state index is 0.191. The van der Waals surface area contributed by atoms with Gasteiger partial charge < -0.3 is 4.90 Å². The summed E-state index contributed by atoms with van der Waals surface area (Å²) in [5.41, 5.74) is 2.84. The lowest BCUT2D eigenvalue weighted by molar-refractivity contribution is 0.625. The highest BCUT2D eigenvalue weighted by Gasteiger charge is 2.10. The lowest BCUT2D eigenvalue weighted by Gasteiger charge is -2.23. The van der Waals surface area contributed by atoms with Crippen molar-refractivity contribution < 1.29 is 4.39 Å². The average molecular weight is 308 g/mol. The Kier molecular flexibility index (Phi) is 4.37. The Labute approximate surface area is 115 Å². The van der Waals surface area contributed by atoms with Crippen LogP contribution < -0.4 is 4.90 Å². The number of rotatable bonds is 4. The van der Waals surface area contributed by atoms with Crippen LogP contribution in [-0.4, -0.2) is 6.54 Å². The second-order valence-electron chi connectivity index (χ2n) is 4.00. The third-order valence-corrected chi connectivity index (χ3v) is 3.51. The fourth-order valence-corrected chi connectivity index (χ4v) is 2.30. The van der Waals surface area contributed by atoms with Gasteiger partial charge in [0, 0.05) is 17.6 Å². The number of hydrogen-bond acceptors (Lipinski definition) is 1. The molecule has 0 fully saturated rings. The maximum Gasteiger partial charge on any atom is 0.146 e. The van der Waals surface area contributed by atoms with Crippen molar-refractivity contribution in [2.75, 3.05) is 11.4 Å². The topological polar surface area (TPSA) is 3.24 Å². The molecular formula is C15H15BrFN. The van der Waals surface area contributed by atoms with E-state index in [1.807, 2.05) is 42.2 Å². The minimum Gasteiger partial charge on any atom is -0.339 e. The fraction of sp³-hybridized carbons (Fsp3) is 0.200. The molecule has 0 aliphatic carbocycles. The maximum atomic E-state index is 13.8. The van der Waals surface area contributed by atoms with Crippen LogP contribution >= 0.6 is 15.9 Å². The van der Waals surface area contributed by atoms with Crippen molar-refractivity contribution in [3.8, 4) is 0 Å². The number of benzene rings is 2. The van der Waals surface area contributed by atoms with Gasteiger partial charge in [0.15, 0.2) is 0 Å². The quantitative estimate of drug-likeness (QED) is 0.728. The summed E-state index contributed by atoms with van der Waals surface area (Å²) in [5, 5.41) is 0.832. The number of anilines is 2. The Morgan fingerprint density at radius 1 is 1.06 bits per heavy atom. The molecule has 3 heteroatoms. The fourth-order valence-electron chi connectivity index (χ4n) is 1.93. The molecular weight excluding hydrogens is 293 g/mol. The van der Waals surface area contributed by atoms with E-state index in [-0.39, 0.29) is 5.82 Å². The molecule has 2 rings (SSSR count). The van der Waals surface area contributed by atoms with Crippen LogP contribution in [0.2, 0.25) is 0 Å². The van der Waals surface area contributed by atoms with Gasteiger partial charge in [0.25, 0.3) is 0 Å². The summed E-state index contributed by atoms with van der Waals surface area (Å²) in [6.45, 7) is 2.75. The molecule has 0 amide bonds. The number of nitrogens with zero attached hydrogens (tertiary/aromatic N) is 1. The zero-order chi connectivity index (χ0) is 13.0. The van der Waals surface area contributed by atoms with Crippen molar-refractivity contribution in [2.24, 2.45) is 0 Å². The molecule has 0 bridgehead atoms. The van der Waals surface area contributed by atoms with Gasteiger partial charge in [-0.25, -0.2) is 4.39 Å². The molecule has 0 aliphatic rings. The summed E-state index contributed by atoms with van der Waals surface area (Å²) in [7, 11) is 0. The average Bonchev–Trinajstić information content (AvgIpc) is 2.42. The van der Waals surface area contributed by atoms with Gasteiger partial charge >= 0.3 is 0 Å². The van der Waals surface area contributed by atoms with E-state index in [4.69, 9.17) is 0 Å². The van der Waals surface area contributed by atoms with Crippen molar-refractivity contribution in [1.82, 2.24) is 0 Å². The number of hydrogen-bond donors (Lipinski definition) is 0. The molecule has 0 aromatic heterocycles. The summed E-state index contributed by atoms with van der Waals surface area (Å²) in [6, 6.07) is 15.0. The van der Waals surface area contributed by atoms with Crippen LogP contribution in [0.15, 0.2) is 48.5 Å². The third kappa shape index (κ3) is 2.72. The van der Waals surface area contributed by atoms with E-state index < -0.39 is 0 Å². The van der Waals surface area contributed by atoms with Crippen LogP contribution in [0.3, 0.4) is 0 Å². The van der Waals surface area contributed by atoms with E-state index in [9.17, 15) is 4.39 Å². The van der Waals surface area contributed by atoms with Crippen molar-refractivity contribution in [2.45, 2.75) is 12.3 Å². The zero-order valence-corrected chi connectivity index (χ0v) is 11.8. The minimum atomic E-state index is -0.191. The van der Waals surface area contributed by atoms with Crippen LogP contribution in [0.5, 0.6) is 0 Å². The molecule has 2 aromatic rings. The highest BCUT2D eigenvalue weighted by Crippen LogP contribution is 2.27. The summed E-state index contributed by atoms with van der Waals surface area (Å²) < 4.78 is 13.8. The molecule has 1 nitrogen and oxygen atoms in total. The summed E-state index contributed by atoms with van der Waals surface area (Å²) in [6.07, 6.45) is 0. The Hall–Kier alpha value is -1.35. The van der Waals surface area contributed by atoms with E-state index in [0.29, 0.717) is 5.69 Å².